The Balaban J connectivity index is 1.92. The van der Waals surface area contributed by atoms with Crippen LogP contribution in [-0.4, -0.2) is 23.7 Å². The molecule has 10 heteroatoms. The maximum atomic E-state index is 13.5. The van der Waals surface area contributed by atoms with Crippen LogP contribution >= 0.6 is 23.2 Å². The molecule has 0 radical (unpaired) electrons. The first kappa shape index (κ1) is 18.6. The summed E-state index contributed by atoms with van der Waals surface area (Å²) < 4.78 is 18.7. The number of nitrogens with zero attached hydrogens (tertiary/aromatic N) is 2. The first-order valence-electron chi connectivity index (χ1n) is 6.70. The average molecular weight is 386 g/mol. The number of halogens is 3. The predicted molar refractivity (Wildman–Crippen MR) is 90.7 cm³/mol. The van der Waals surface area contributed by atoms with E-state index in [0.29, 0.717) is 5.02 Å². The number of nitro benzene ring substituents is 1. The third kappa shape index (κ3) is 5.40. The van der Waals surface area contributed by atoms with Gasteiger partial charge in [0.25, 0.3) is 11.6 Å². The quantitative estimate of drug-likeness (QED) is 0.467. The molecule has 2 aromatic carbocycles. The molecular weight excluding hydrogens is 376 g/mol. The number of ether oxygens (including phenoxy) is 1. The molecule has 7 nitrogen and oxygen atoms in total. The van der Waals surface area contributed by atoms with E-state index < -0.39 is 23.3 Å². The van der Waals surface area contributed by atoms with Gasteiger partial charge in [0.1, 0.15) is 11.6 Å². The van der Waals surface area contributed by atoms with Gasteiger partial charge in [0, 0.05) is 22.7 Å². The van der Waals surface area contributed by atoms with Crippen molar-refractivity contribution in [1.29, 1.82) is 0 Å². The normalized spacial score (nSPS) is 10.7. The highest BCUT2D eigenvalue weighted by atomic mass is 35.5. The Bertz CT molecular complexity index is 846. The average Bonchev–Trinajstić information content (AvgIpc) is 2.55. The number of benzene rings is 2. The molecule has 0 fully saturated rings. The summed E-state index contributed by atoms with van der Waals surface area (Å²) in [5.41, 5.74) is 1.67. The van der Waals surface area contributed by atoms with E-state index in [0.717, 1.165) is 24.4 Å². The monoisotopic (exact) mass is 385 g/mol. The van der Waals surface area contributed by atoms with Gasteiger partial charge in [-0.25, -0.2) is 9.82 Å². The molecule has 1 N–H and O–H groups in total. The van der Waals surface area contributed by atoms with Gasteiger partial charge in [0.15, 0.2) is 6.61 Å². The van der Waals surface area contributed by atoms with E-state index in [4.69, 9.17) is 27.9 Å². The van der Waals surface area contributed by atoms with Crippen molar-refractivity contribution in [1.82, 2.24) is 5.43 Å². The topological polar surface area (TPSA) is 93.8 Å². The summed E-state index contributed by atoms with van der Waals surface area (Å²) in [6.07, 6.45) is 0.954. The number of hydrazone groups is 1. The SMILES string of the molecule is O=C(COc1ccc(Cl)cc1Cl)NN=Cc1cc([N+](=O)[O-])ccc1F. The maximum absolute atomic E-state index is 13.5. The summed E-state index contributed by atoms with van der Waals surface area (Å²) in [5, 5.41) is 14.8. The fraction of sp³-hybridized carbons (Fsp3) is 0.0667. The van der Waals surface area contributed by atoms with Gasteiger partial charge in [0.2, 0.25) is 0 Å². The van der Waals surface area contributed by atoms with Crippen molar-refractivity contribution in [2.45, 2.75) is 0 Å². The summed E-state index contributed by atoms with van der Waals surface area (Å²) >= 11 is 11.6. The van der Waals surface area contributed by atoms with Crippen molar-refractivity contribution in [2.24, 2.45) is 5.10 Å². The molecule has 2 rings (SSSR count). The smallest absolute Gasteiger partial charge is 0.277 e. The Morgan fingerprint density at radius 3 is 2.76 bits per heavy atom. The Labute approximate surface area is 151 Å². The Kier molecular flexibility index (Phi) is 6.26. The summed E-state index contributed by atoms with van der Waals surface area (Å²) in [5.74, 6) is -1.09. The Morgan fingerprint density at radius 1 is 1.32 bits per heavy atom. The van der Waals surface area contributed by atoms with Gasteiger partial charge in [-0.1, -0.05) is 23.2 Å². The van der Waals surface area contributed by atoms with E-state index >= 15 is 0 Å². The van der Waals surface area contributed by atoms with Gasteiger partial charge in [-0.2, -0.15) is 5.10 Å². The second-order valence-electron chi connectivity index (χ2n) is 4.62. The zero-order chi connectivity index (χ0) is 18.4. The van der Waals surface area contributed by atoms with Gasteiger partial charge in [0.05, 0.1) is 16.2 Å². The van der Waals surface area contributed by atoms with Crippen molar-refractivity contribution in [3.8, 4) is 5.75 Å². The molecule has 0 aliphatic heterocycles. The molecule has 25 heavy (non-hydrogen) atoms. The summed E-state index contributed by atoms with van der Waals surface area (Å²) in [7, 11) is 0. The first-order chi connectivity index (χ1) is 11.9. The molecule has 0 aromatic heterocycles. The van der Waals surface area contributed by atoms with Gasteiger partial charge < -0.3 is 4.74 Å². The van der Waals surface area contributed by atoms with Crippen LogP contribution in [0.1, 0.15) is 5.56 Å². The molecule has 0 aliphatic rings. The highest BCUT2D eigenvalue weighted by Crippen LogP contribution is 2.27. The lowest BCUT2D eigenvalue weighted by molar-refractivity contribution is -0.384. The van der Waals surface area contributed by atoms with Crippen molar-refractivity contribution < 1.29 is 18.8 Å². The fourth-order valence-electron chi connectivity index (χ4n) is 1.69. The van der Waals surface area contributed by atoms with E-state index in [9.17, 15) is 19.3 Å². The van der Waals surface area contributed by atoms with Crippen molar-refractivity contribution >= 4 is 41.0 Å². The van der Waals surface area contributed by atoms with Gasteiger partial charge in [-0.15, -0.1) is 0 Å². The van der Waals surface area contributed by atoms with Gasteiger partial charge in [-0.3, -0.25) is 14.9 Å². The zero-order valence-electron chi connectivity index (χ0n) is 12.4. The van der Waals surface area contributed by atoms with E-state index in [-0.39, 0.29) is 22.0 Å². The largest absolute Gasteiger partial charge is 0.482 e. The molecule has 0 atom stereocenters. The number of non-ortho nitro benzene ring substituents is 1. The van der Waals surface area contributed by atoms with Crippen LogP contribution in [0, 0.1) is 15.9 Å². The summed E-state index contributed by atoms with van der Waals surface area (Å²) in [6.45, 7) is -0.393. The maximum Gasteiger partial charge on any atom is 0.277 e. The molecule has 0 saturated carbocycles. The standard InChI is InChI=1S/C15H10Cl2FN3O4/c16-10-1-4-14(12(17)6-10)25-8-15(22)20-19-7-9-5-11(21(23)24)2-3-13(9)18/h1-7H,8H2,(H,20,22). The van der Waals surface area contributed by atoms with Crippen molar-refractivity contribution in [2.75, 3.05) is 6.61 Å². The Morgan fingerprint density at radius 2 is 2.08 bits per heavy atom. The number of hydrogen-bond donors (Lipinski definition) is 1. The van der Waals surface area contributed by atoms with Crippen LogP contribution in [0.15, 0.2) is 41.5 Å². The minimum Gasteiger partial charge on any atom is -0.482 e. The van der Waals surface area contributed by atoms with Gasteiger partial charge >= 0.3 is 0 Å². The summed E-state index contributed by atoms with van der Waals surface area (Å²) in [6, 6.07) is 7.46. The number of nitro groups is 1. The van der Waals surface area contributed by atoms with Crippen LogP contribution in [0.25, 0.3) is 0 Å². The second-order valence-corrected chi connectivity index (χ2v) is 5.46. The number of hydrogen-bond acceptors (Lipinski definition) is 5. The minimum absolute atomic E-state index is 0.142. The molecule has 130 valence electrons. The van der Waals surface area contributed by atoms with Crippen LogP contribution < -0.4 is 10.2 Å². The van der Waals surface area contributed by atoms with Gasteiger partial charge in [-0.05, 0) is 24.3 Å². The molecule has 0 aliphatic carbocycles. The molecule has 0 unspecified atom stereocenters. The van der Waals surface area contributed by atoms with Crippen LogP contribution in [0.4, 0.5) is 10.1 Å². The van der Waals surface area contributed by atoms with Crippen molar-refractivity contribution in [3.05, 3.63) is 67.9 Å². The lowest BCUT2D eigenvalue weighted by Gasteiger charge is -2.07. The third-order valence-corrected chi connectivity index (χ3v) is 3.37. The van der Waals surface area contributed by atoms with Crippen LogP contribution in [0.2, 0.25) is 10.0 Å². The molecule has 0 heterocycles. The fourth-order valence-corrected chi connectivity index (χ4v) is 2.15. The third-order valence-electron chi connectivity index (χ3n) is 2.84. The van der Waals surface area contributed by atoms with E-state index in [1.165, 1.54) is 12.1 Å². The molecule has 0 saturated heterocycles. The molecule has 2 aromatic rings. The number of carbonyl (C=O) groups is 1. The number of amides is 1. The van der Waals surface area contributed by atoms with E-state index in [1.807, 2.05) is 0 Å². The molecule has 0 spiro atoms. The second kappa shape index (κ2) is 8.41. The highest BCUT2D eigenvalue weighted by molar-refractivity contribution is 6.35. The highest BCUT2D eigenvalue weighted by Gasteiger charge is 2.10. The van der Waals surface area contributed by atoms with Crippen LogP contribution in [0.3, 0.4) is 0 Å². The Hall–Kier alpha value is -2.71. The predicted octanol–water partition coefficient (Wildman–Crippen LogP) is 3.57. The number of carbonyl (C=O) groups excluding carboxylic acids is 1. The van der Waals surface area contributed by atoms with Crippen LogP contribution in [0.5, 0.6) is 5.75 Å². The van der Waals surface area contributed by atoms with Crippen LogP contribution in [-0.2, 0) is 4.79 Å². The molecular formula is C15H10Cl2FN3O4. The van der Waals surface area contributed by atoms with Crippen molar-refractivity contribution in [3.63, 3.8) is 0 Å². The molecule has 0 bridgehead atoms. The summed E-state index contributed by atoms with van der Waals surface area (Å²) in [4.78, 5) is 21.6. The zero-order valence-corrected chi connectivity index (χ0v) is 13.9. The number of nitrogens with one attached hydrogen (secondary N) is 1. The first-order valence-corrected chi connectivity index (χ1v) is 7.46. The lowest BCUT2D eigenvalue weighted by Crippen LogP contribution is -2.24. The van der Waals surface area contributed by atoms with E-state index in [2.05, 4.69) is 10.5 Å². The number of rotatable bonds is 6. The van der Waals surface area contributed by atoms with E-state index in [1.54, 1.807) is 6.07 Å². The molecule has 1 amide bonds. The lowest BCUT2D eigenvalue weighted by atomic mass is 10.2. The minimum atomic E-state index is -0.715.